The van der Waals surface area contributed by atoms with Crippen LogP contribution in [0.4, 0.5) is 0 Å². The van der Waals surface area contributed by atoms with E-state index in [1.165, 1.54) is 5.56 Å². The molecular weight excluding hydrogens is 282 g/mol. The average molecular weight is 294 g/mol. The molecule has 3 nitrogen and oxygen atoms in total. The van der Waals surface area contributed by atoms with Crippen LogP contribution in [0.2, 0.25) is 5.15 Å². The van der Waals surface area contributed by atoms with E-state index in [2.05, 4.69) is 41.2 Å². The van der Waals surface area contributed by atoms with Crippen LogP contribution in [0.3, 0.4) is 0 Å². The van der Waals surface area contributed by atoms with Gasteiger partial charge in [0.05, 0.1) is 11.2 Å². The molecule has 2 aromatic carbocycles. The number of nitrogens with zero attached hydrogens (tertiary/aromatic N) is 3. The van der Waals surface area contributed by atoms with Crippen LogP contribution in [0.5, 0.6) is 0 Å². The molecule has 0 atom stereocenters. The normalized spacial score (nSPS) is 11.3. The Hall–Kier alpha value is -2.39. The van der Waals surface area contributed by atoms with Crippen molar-refractivity contribution in [3.05, 3.63) is 65.4 Å². The summed E-state index contributed by atoms with van der Waals surface area (Å²) in [6.45, 7) is 2.07. The lowest BCUT2D eigenvalue weighted by molar-refractivity contribution is 1.17. The van der Waals surface area contributed by atoms with E-state index >= 15 is 0 Å². The van der Waals surface area contributed by atoms with Crippen LogP contribution in [-0.2, 0) is 0 Å². The van der Waals surface area contributed by atoms with Gasteiger partial charge in [-0.15, -0.1) is 0 Å². The average Bonchev–Trinajstić information content (AvgIpc) is 2.92. The maximum atomic E-state index is 6.25. The molecule has 2 heterocycles. The van der Waals surface area contributed by atoms with E-state index in [9.17, 15) is 0 Å². The number of hydrogen-bond acceptors (Lipinski definition) is 2. The summed E-state index contributed by atoms with van der Waals surface area (Å²) in [6, 6.07) is 16.2. The summed E-state index contributed by atoms with van der Waals surface area (Å²) in [5.41, 5.74) is 4.22. The third-order valence-corrected chi connectivity index (χ3v) is 3.91. The molecule has 0 N–H and O–H groups in total. The van der Waals surface area contributed by atoms with Gasteiger partial charge in [0.15, 0.2) is 0 Å². The molecule has 0 aliphatic heterocycles. The lowest BCUT2D eigenvalue weighted by atomic mass is 10.1. The molecule has 4 heteroatoms. The van der Waals surface area contributed by atoms with Crippen LogP contribution in [0.15, 0.2) is 54.7 Å². The van der Waals surface area contributed by atoms with Crippen LogP contribution in [0.25, 0.3) is 27.9 Å². The summed E-state index contributed by atoms with van der Waals surface area (Å²) in [5, 5.41) is 1.42. The van der Waals surface area contributed by atoms with Crippen molar-refractivity contribution in [1.29, 1.82) is 0 Å². The SMILES string of the molecule is Cc1ccc(-c2cn3c(n2)nc(Cl)c2ccccc23)cc1. The highest BCUT2D eigenvalue weighted by molar-refractivity contribution is 6.34. The van der Waals surface area contributed by atoms with E-state index in [1.807, 2.05) is 34.9 Å². The Morgan fingerprint density at radius 1 is 0.952 bits per heavy atom. The highest BCUT2D eigenvalue weighted by Crippen LogP contribution is 2.26. The zero-order valence-corrected chi connectivity index (χ0v) is 12.2. The van der Waals surface area contributed by atoms with Gasteiger partial charge < -0.3 is 0 Å². The third kappa shape index (κ3) is 1.98. The number of imidazole rings is 1. The topological polar surface area (TPSA) is 30.2 Å². The molecular formula is C17H12ClN3. The number of aromatic nitrogens is 3. The molecule has 0 saturated heterocycles. The molecule has 102 valence electrons. The van der Waals surface area contributed by atoms with Crippen molar-refractivity contribution in [2.24, 2.45) is 0 Å². The van der Waals surface area contributed by atoms with Crippen LogP contribution in [0, 0.1) is 6.92 Å². The summed E-state index contributed by atoms with van der Waals surface area (Å²) >= 11 is 6.25. The molecule has 0 fully saturated rings. The number of aryl methyl sites for hydroxylation is 1. The van der Waals surface area contributed by atoms with Gasteiger partial charge in [0, 0.05) is 17.1 Å². The molecule has 0 unspecified atom stereocenters. The Labute approximate surface area is 126 Å². The van der Waals surface area contributed by atoms with E-state index in [0.29, 0.717) is 10.9 Å². The first-order valence-corrected chi connectivity index (χ1v) is 7.10. The fraction of sp³-hybridized carbons (Fsp3) is 0.0588. The van der Waals surface area contributed by atoms with Gasteiger partial charge in [-0.2, -0.15) is 4.98 Å². The lowest BCUT2D eigenvalue weighted by Gasteiger charge is -2.02. The summed E-state index contributed by atoms with van der Waals surface area (Å²) in [7, 11) is 0. The minimum Gasteiger partial charge on any atom is -0.283 e. The van der Waals surface area contributed by atoms with Gasteiger partial charge in [0.25, 0.3) is 0 Å². The predicted molar refractivity (Wildman–Crippen MR) is 85.7 cm³/mol. The largest absolute Gasteiger partial charge is 0.283 e. The van der Waals surface area contributed by atoms with Crippen molar-refractivity contribution in [2.45, 2.75) is 6.92 Å². The Morgan fingerprint density at radius 3 is 2.52 bits per heavy atom. The molecule has 4 rings (SSSR count). The number of para-hydroxylation sites is 1. The molecule has 4 aromatic rings. The van der Waals surface area contributed by atoms with E-state index < -0.39 is 0 Å². The van der Waals surface area contributed by atoms with E-state index in [4.69, 9.17) is 11.6 Å². The molecule has 0 saturated carbocycles. The van der Waals surface area contributed by atoms with Crippen molar-refractivity contribution >= 4 is 28.3 Å². The molecule has 0 aliphatic rings. The molecule has 2 aromatic heterocycles. The molecule has 21 heavy (non-hydrogen) atoms. The van der Waals surface area contributed by atoms with E-state index in [0.717, 1.165) is 22.2 Å². The fourth-order valence-electron chi connectivity index (χ4n) is 2.50. The van der Waals surface area contributed by atoms with Gasteiger partial charge >= 0.3 is 0 Å². The minimum absolute atomic E-state index is 0.485. The quantitative estimate of drug-likeness (QED) is 0.483. The smallest absolute Gasteiger partial charge is 0.236 e. The Bertz CT molecular complexity index is 955. The fourth-order valence-corrected chi connectivity index (χ4v) is 2.73. The number of benzene rings is 2. The third-order valence-electron chi connectivity index (χ3n) is 3.62. The second-order valence-corrected chi connectivity index (χ2v) is 5.44. The van der Waals surface area contributed by atoms with Crippen LogP contribution in [0.1, 0.15) is 5.56 Å². The summed E-state index contributed by atoms with van der Waals surface area (Å²) in [5.74, 6) is 0.620. The van der Waals surface area contributed by atoms with Crippen molar-refractivity contribution < 1.29 is 0 Å². The van der Waals surface area contributed by atoms with Crippen molar-refractivity contribution in [2.75, 3.05) is 0 Å². The number of hydrogen-bond donors (Lipinski definition) is 0. The number of fused-ring (bicyclic) bond motifs is 3. The first-order valence-electron chi connectivity index (χ1n) is 6.73. The van der Waals surface area contributed by atoms with Crippen molar-refractivity contribution in [1.82, 2.24) is 14.4 Å². The van der Waals surface area contributed by atoms with Crippen LogP contribution < -0.4 is 0 Å². The molecule has 0 aliphatic carbocycles. The monoisotopic (exact) mass is 293 g/mol. The predicted octanol–water partition coefficient (Wildman–Crippen LogP) is 4.51. The van der Waals surface area contributed by atoms with Gasteiger partial charge in [-0.05, 0) is 19.1 Å². The molecule has 0 bridgehead atoms. The number of halogens is 1. The summed E-state index contributed by atoms with van der Waals surface area (Å²) < 4.78 is 1.98. The Kier molecular flexibility index (Phi) is 2.69. The maximum Gasteiger partial charge on any atom is 0.236 e. The first-order chi connectivity index (χ1) is 10.2. The lowest BCUT2D eigenvalue weighted by Crippen LogP contribution is -1.91. The second kappa shape index (κ2) is 4.57. The molecule has 0 amide bonds. The molecule has 0 radical (unpaired) electrons. The van der Waals surface area contributed by atoms with Crippen molar-refractivity contribution in [3.63, 3.8) is 0 Å². The first kappa shape index (κ1) is 12.4. The summed E-state index contributed by atoms with van der Waals surface area (Å²) in [6.07, 6.45) is 2.01. The van der Waals surface area contributed by atoms with Crippen LogP contribution in [-0.4, -0.2) is 14.4 Å². The van der Waals surface area contributed by atoms with E-state index in [1.54, 1.807) is 0 Å². The highest BCUT2D eigenvalue weighted by Gasteiger charge is 2.10. The van der Waals surface area contributed by atoms with E-state index in [-0.39, 0.29) is 0 Å². The van der Waals surface area contributed by atoms with Gasteiger partial charge in [-0.1, -0.05) is 53.6 Å². The van der Waals surface area contributed by atoms with Gasteiger partial charge in [-0.3, -0.25) is 4.40 Å². The van der Waals surface area contributed by atoms with Crippen molar-refractivity contribution in [3.8, 4) is 11.3 Å². The number of rotatable bonds is 1. The Balaban J connectivity index is 2.02. The highest BCUT2D eigenvalue weighted by atomic mass is 35.5. The zero-order valence-electron chi connectivity index (χ0n) is 11.4. The van der Waals surface area contributed by atoms with Gasteiger partial charge in [0.2, 0.25) is 5.78 Å². The van der Waals surface area contributed by atoms with Crippen LogP contribution >= 0.6 is 11.6 Å². The zero-order chi connectivity index (χ0) is 14.4. The van der Waals surface area contributed by atoms with Gasteiger partial charge in [0.1, 0.15) is 5.15 Å². The van der Waals surface area contributed by atoms with Gasteiger partial charge in [-0.25, -0.2) is 4.98 Å². The standard InChI is InChI=1S/C17H12ClN3/c1-11-6-8-12(9-7-11)14-10-21-15-5-3-2-4-13(15)16(18)20-17(21)19-14/h2-10H,1H3. The molecule has 0 spiro atoms. The summed E-state index contributed by atoms with van der Waals surface area (Å²) in [4.78, 5) is 8.98. The maximum absolute atomic E-state index is 6.25. The second-order valence-electron chi connectivity index (χ2n) is 5.08. The Morgan fingerprint density at radius 2 is 1.71 bits per heavy atom. The minimum atomic E-state index is 0.485.